The first-order valence-electron chi connectivity index (χ1n) is 7.78. The lowest BCUT2D eigenvalue weighted by molar-refractivity contribution is -0.117. The van der Waals surface area contributed by atoms with Gasteiger partial charge in [0.2, 0.25) is 11.8 Å². The molecule has 0 aromatic heterocycles. The van der Waals surface area contributed by atoms with Gasteiger partial charge in [-0.2, -0.15) is 0 Å². The minimum absolute atomic E-state index is 0.107. The lowest BCUT2D eigenvalue weighted by atomic mass is 10.1. The fraction of sp³-hybridized carbons (Fsp3) is 0.263. The van der Waals surface area contributed by atoms with E-state index in [0.29, 0.717) is 11.6 Å². The Morgan fingerprint density at radius 2 is 1.79 bits per heavy atom. The van der Waals surface area contributed by atoms with Crippen LogP contribution in [0.1, 0.15) is 24.5 Å². The molecule has 0 fully saturated rings. The molecular formula is C19H21ClN2O2. The largest absolute Gasteiger partial charge is 0.326 e. The van der Waals surface area contributed by atoms with Crippen LogP contribution in [0.5, 0.6) is 0 Å². The molecule has 5 heteroatoms. The van der Waals surface area contributed by atoms with Gasteiger partial charge in [0, 0.05) is 36.3 Å². The van der Waals surface area contributed by atoms with Crippen molar-refractivity contribution in [3.63, 3.8) is 0 Å². The highest BCUT2D eigenvalue weighted by Gasteiger charge is 2.16. The van der Waals surface area contributed by atoms with Crippen molar-refractivity contribution in [1.82, 2.24) is 0 Å². The molecule has 0 aliphatic rings. The third kappa shape index (κ3) is 4.59. The second-order valence-corrected chi connectivity index (χ2v) is 6.15. The summed E-state index contributed by atoms with van der Waals surface area (Å²) in [5.41, 5.74) is 3.47. The SMILES string of the molecule is CC(=O)N(CCC(=O)Nc1ccccc1C)c1ccc(Cl)cc1C. The standard InChI is InChI=1S/C19H21ClN2O2/c1-13-6-4-5-7-17(13)21-19(24)10-11-22(15(3)23)18-9-8-16(20)12-14(18)2/h4-9,12H,10-11H2,1-3H3,(H,21,24). The van der Waals surface area contributed by atoms with E-state index < -0.39 is 0 Å². The van der Waals surface area contributed by atoms with Crippen molar-refractivity contribution in [3.05, 3.63) is 58.6 Å². The summed E-state index contributed by atoms with van der Waals surface area (Å²) in [6.45, 7) is 5.64. The lowest BCUT2D eigenvalue weighted by Crippen LogP contribution is -2.32. The molecule has 126 valence electrons. The van der Waals surface area contributed by atoms with Crippen LogP contribution in [0.25, 0.3) is 0 Å². The summed E-state index contributed by atoms with van der Waals surface area (Å²) in [4.78, 5) is 25.8. The van der Waals surface area contributed by atoms with Crippen LogP contribution in [-0.2, 0) is 9.59 Å². The number of anilines is 2. The second kappa shape index (κ2) is 7.97. The predicted octanol–water partition coefficient (Wildman–Crippen LogP) is 4.34. The van der Waals surface area contributed by atoms with Gasteiger partial charge in [-0.3, -0.25) is 9.59 Å². The Labute approximate surface area is 147 Å². The van der Waals surface area contributed by atoms with Crippen LogP contribution in [0, 0.1) is 13.8 Å². The first-order chi connectivity index (χ1) is 11.4. The lowest BCUT2D eigenvalue weighted by Gasteiger charge is -2.23. The summed E-state index contributed by atoms with van der Waals surface area (Å²) in [6, 6.07) is 13.0. The summed E-state index contributed by atoms with van der Waals surface area (Å²) in [5.74, 6) is -0.230. The summed E-state index contributed by atoms with van der Waals surface area (Å²) in [7, 11) is 0. The van der Waals surface area contributed by atoms with Gasteiger partial charge in [0.25, 0.3) is 0 Å². The zero-order chi connectivity index (χ0) is 17.7. The Kier molecular flexibility index (Phi) is 5.99. The molecule has 0 aliphatic carbocycles. The predicted molar refractivity (Wildman–Crippen MR) is 98.6 cm³/mol. The molecule has 1 N–H and O–H groups in total. The average molecular weight is 345 g/mol. The van der Waals surface area contributed by atoms with Crippen LogP contribution in [0.15, 0.2) is 42.5 Å². The molecule has 0 saturated carbocycles. The molecule has 0 saturated heterocycles. The number of hydrogen-bond donors (Lipinski definition) is 1. The Morgan fingerprint density at radius 3 is 2.42 bits per heavy atom. The van der Waals surface area contributed by atoms with E-state index >= 15 is 0 Å². The Bertz CT molecular complexity index is 759. The third-order valence-electron chi connectivity index (χ3n) is 3.81. The van der Waals surface area contributed by atoms with Gasteiger partial charge in [0.05, 0.1) is 0 Å². The maximum atomic E-state index is 12.2. The van der Waals surface area contributed by atoms with Crippen LogP contribution in [0.2, 0.25) is 5.02 Å². The van der Waals surface area contributed by atoms with Gasteiger partial charge >= 0.3 is 0 Å². The van der Waals surface area contributed by atoms with Crippen LogP contribution in [0.3, 0.4) is 0 Å². The minimum Gasteiger partial charge on any atom is -0.326 e. The van der Waals surface area contributed by atoms with E-state index in [4.69, 9.17) is 11.6 Å². The number of halogens is 1. The highest BCUT2D eigenvalue weighted by atomic mass is 35.5. The van der Waals surface area contributed by atoms with Crippen LogP contribution < -0.4 is 10.2 Å². The third-order valence-corrected chi connectivity index (χ3v) is 4.05. The van der Waals surface area contributed by atoms with E-state index in [1.54, 1.807) is 23.1 Å². The molecule has 0 spiro atoms. The van der Waals surface area contributed by atoms with Crippen molar-refractivity contribution in [2.24, 2.45) is 0 Å². The Morgan fingerprint density at radius 1 is 1.08 bits per heavy atom. The fourth-order valence-corrected chi connectivity index (χ4v) is 2.74. The molecule has 24 heavy (non-hydrogen) atoms. The highest BCUT2D eigenvalue weighted by Crippen LogP contribution is 2.24. The smallest absolute Gasteiger partial charge is 0.226 e. The zero-order valence-electron chi connectivity index (χ0n) is 14.1. The molecule has 0 heterocycles. The summed E-state index contributed by atoms with van der Waals surface area (Å²) in [5, 5.41) is 3.50. The fourth-order valence-electron chi connectivity index (χ4n) is 2.51. The number of nitrogens with zero attached hydrogens (tertiary/aromatic N) is 1. The number of carbonyl (C=O) groups is 2. The van der Waals surface area contributed by atoms with Crippen LogP contribution >= 0.6 is 11.6 Å². The summed E-state index contributed by atoms with van der Waals surface area (Å²) >= 11 is 5.97. The number of hydrogen-bond acceptors (Lipinski definition) is 2. The van der Waals surface area contributed by atoms with Gasteiger partial charge in [-0.15, -0.1) is 0 Å². The molecule has 0 radical (unpaired) electrons. The number of para-hydroxylation sites is 1. The number of nitrogens with one attached hydrogen (secondary N) is 1. The number of amides is 2. The number of aryl methyl sites for hydroxylation is 2. The van der Waals surface area contributed by atoms with E-state index in [9.17, 15) is 9.59 Å². The van der Waals surface area contributed by atoms with Crippen molar-refractivity contribution >= 4 is 34.8 Å². The van der Waals surface area contributed by atoms with Crippen LogP contribution in [0.4, 0.5) is 11.4 Å². The molecule has 0 unspecified atom stereocenters. The maximum Gasteiger partial charge on any atom is 0.226 e. The highest BCUT2D eigenvalue weighted by molar-refractivity contribution is 6.30. The van der Waals surface area contributed by atoms with E-state index in [-0.39, 0.29) is 18.2 Å². The number of benzene rings is 2. The van der Waals surface area contributed by atoms with Gasteiger partial charge in [-0.25, -0.2) is 0 Å². The van der Waals surface area contributed by atoms with Gasteiger partial charge in [0.1, 0.15) is 0 Å². The van der Waals surface area contributed by atoms with Crippen molar-refractivity contribution in [3.8, 4) is 0 Å². The van der Waals surface area contributed by atoms with Crippen molar-refractivity contribution in [2.45, 2.75) is 27.2 Å². The molecular weight excluding hydrogens is 324 g/mol. The van der Waals surface area contributed by atoms with Crippen molar-refractivity contribution in [2.75, 3.05) is 16.8 Å². The average Bonchev–Trinajstić information content (AvgIpc) is 2.51. The topological polar surface area (TPSA) is 49.4 Å². The first-order valence-corrected chi connectivity index (χ1v) is 8.16. The number of rotatable bonds is 5. The van der Waals surface area contributed by atoms with E-state index in [1.165, 1.54) is 6.92 Å². The molecule has 2 aromatic rings. The molecule has 0 atom stereocenters. The molecule has 0 aliphatic heterocycles. The van der Waals surface area contributed by atoms with Crippen LogP contribution in [-0.4, -0.2) is 18.4 Å². The molecule has 4 nitrogen and oxygen atoms in total. The van der Waals surface area contributed by atoms with Gasteiger partial charge in [-0.1, -0.05) is 29.8 Å². The maximum absolute atomic E-state index is 12.2. The first kappa shape index (κ1) is 18.0. The normalized spacial score (nSPS) is 10.3. The Balaban J connectivity index is 2.05. The molecule has 2 amide bonds. The second-order valence-electron chi connectivity index (χ2n) is 5.71. The minimum atomic E-state index is -0.123. The van der Waals surface area contributed by atoms with E-state index in [1.807, 2.05) is 38.1 Å². The Hall–Kier alpha value is -2.33. The zero-order valence-corrected chi connectivity index (χ0v) is 14.9. The quantitative estimate of drug-likeness (QED) is 0.877. The molecule has 2 aromatic carbocycles. The molecule has 2 rings (SSSR count). The van der Waals surface area contributed by atoms with Gasteiger partial charge < -0.3 is 10.2 Å². The van der Waals surface area contributed by atoms with Gasteiger partial charge in [-0.05, 0) is 49.2 Å². The van der Waals surface area contributed by atoms with Gasteiger partial charge in [0.15, 0.2) is 0 Å². The summed E-state index contributed by atoms with van der Waals surface area (Å²) < 4.78 is 0. The monoisotopic (exact) mass is 344 g/mol. The van der Waals surface area contributed by atoms with E-state index in [2.05, 4.69) is 5.32 Å². The molecule has 0 bridgehead atoms. The van der Waals surface area contributed by atoms with Crippen molar-refractivity contribution in [1.29, 1.82) is 0 Å². The van der Waals surface area contributed by atoms with Crippen molar-refractivity contribution < 1.29 is 9.59 Å². The van der Waals surface area contributed by atoms with E-state index in [0.717, 1.165) is 22.5 Å². The summed E-state index contributed by atoms with van der Waals surface area (Å²) in [6.07, 6.45) is 0.218. The number of carbonyl (C=O) groups excluding carboxylic acids is 2.